The molecule has 1 aliphatic heterocycles. The molecule has 1 N–H and O–H groups in total. The predicted octanol–water partition coefficient (Wildman–Crippen LogP) is 5.68. The van der Waals surface area contributed by atoms with Crippen LogP contribution in [-0.2, 0) is 0 Å². The molecule has 0 spiro atoms. The number of hydrogen-bond acceptors (Lipinski definition) is 3. The first kappa shape index (κ1) is 20.6. The second kappa shape index (κ2) is 8.50. The summed E-state index contributed by atoms with van der Waals surface area (Å²) >= 11 is 0. The van der Waals surface area contributed by atoms with Gasteiger partial charge < -0.3 is 10.2 Å². The molecular weight excluding hydrogens is 366 g/mol. The third kappa shape index (κ3) is 4.65. The quantitative estimate of drug-likeness (QED) is 0.618. The number of benzene rings is 2. The van der Waals surface area contributed by atoms with Crippen molar-refractivity contribution in [1.29, 1.82) is 0 Å². The van der Waals surface area contributed by atoms with E-state index < -0.39 is 0 Å². The minimum Gasteiger partial charge on any atom is -0.371 e. The van der Waals surface area contributed by atoms with Gasteiger partial charge in [-0.3, -0.25) is 0 Å². The van der Waals surface area contributed by atoms with Crippen molar-refractivity contribution in [1.82, 2.24) is 10.3 Å². The number of rotatable bonds is 3. The summed E-state index contributed by atoms with van der Waals surface area (Å²) in [5.41, 5.74) is 4.79. The van der Waals surface area contributed by atoms with Gasteiger partial charge in [-0.2, -0.15) is 0 Å². The molecule has 1 saturated heterocycles. The first-order valence-corrected chi connectivity index (χ1v) is 9.97. The molecule has 0 aliphatic carbocycles. The zero-order valence-electron chi connectivity index (χ0n) is 17.0. The van der Waals surface area contributed by atoms with E-state index >= 15 is 0 Å². The van der Waals surface area contributed by atoms with Crippen LogP contribution in [0, 0.1) is 0 Å². The number of pyridine rings is 1. The molecule has 2 heterocycles. The molecule has 0 saturated carbocycles. The van der Waals surface area contributed by atoms with Gasteiger partial charge in [0.15, 0.2) is 0 Å². The molecule has 1 aromatic heterocycles. The molecule has 148 valence electrons. The fourth-order valence-electron chi connectivity index (χ4n) is 4.05. The van der Waals surface area contributed by atoms with Gasteiger partial charge in [-0.25, -0.2) is 4.98 Å². The van der Waals surface area contributed by atoms with E-state index in [0.717, 1.165) is 24.3 Å². The Bertz CT molecular complexity index is 910. The van der Waals surface area contributed by atoms with Gasteiger partial charge in [-0.1, -0.05) is 48.5 Å². The average Bonchev–Trinajstić information content (AvgIpc) is 2.67. The van der Waals surface area contributed by atoms with Crippen LogP contribution in [0.25, 0.3) is 22.2 Å². The van der Waals surface area contributed by atoms with E-state index in [2.05, 4.69) is 91.7 Å². The van der Waals surface area contributed by atoms with Crippen LogP contribution >= 0.6 is 12.4 Å². The number of nitrogens with zero attached hydrogens (tertiary/aromatic N) is 2. The smallest absolute Gasteiger partial charge is 0.0730 e. The van der Waals surface area contributed by atoms with Crippen molar-refractivity contribution in [3.8, 4) is 11.3 Å². The third-order valence-corrected chi connectivity index (χ3v) is 5.24. The summed E-state index contributed by atoms with van der Waals surface area (Å²) in [6.45, 7) is 8.91. The van der Waals surface area contributed by atoms with Crippen LogP contribution in [0.5, 0.6) is 0 Å². The topological polar surface area (TPSA) is 28.2 Å². The summed E-state index contributed by atoms with van der Waals surface area (Å²) in [5.74, 6) is 0. The number of halogens is 1. The predicted molar refractivity (Wildman–Crippen MR) is 123 cm³/mol. The maximum atomic E-state index is 4.93. The molecule has 3 nitrogen and oxygen atoms in total. The van der Waals surface area contributed by atoms with Crippen LogP contribution in [0.4, 0.5) is 5.69 Å². The lowest BCUT2D eigenvalue weighted by atomic mass is 9.98. The van der Waals surface area contributed by atoms with E-state index in [9.17, 15) is 0 Å². The van der Waals surface area contributed by atoms with Crippen LogP contribution in [0.3, 0.4) is 0 Å². The molecule has 1 aliphatic rings. The van der Waals surface area contributed by atoms with Crippen LogP contribution in [-0.4, -0.2) is 29.7 Å². The number of hydrogen-bond donors (Lipinski definition) is 1. The van der Waals surface area contributed by atoms with Gasteiger partial charge in [-0.15, -0.1) is 12.4 Å². The highest BCUT2D eigenvalue weighted by Gasteiger charge is 2.24. The highest BCUT2D eigenvalue weighted by atomic mass is 35.5. The fraction of sp³-hybridized carbons (Fsp3) is 0.375. The van der Waals surface area contributed by atoms with Gasteiger partial charge in [0.25, 0.3) is 0 Å². The van der Waals surface area contributed by atoms with Gasteiger partial charge >= 0.3 is 0 Å². The zero-order chi connectivity index (χ0) is 18.9. The highest BCUT2D eigenvalue weighted by Crippen LogP contribution is 2.32. The van der Waals surface area contributed by atoms with Crippen LogP contribution in [0.2, 0.25) is 0 Å². The van der Waals surface area contributed by atoms with Gasteiger partial charge in [-0.05, 0) is 45.7 Å². The fourth-order valence-corrected chi connectivity index (χ4v) is 4.05. The van der Waals surface area contributed by atoms with Gasteiger partial charge in [0.05, 0.1) is 11.2 Å². The number of aromatic nitrogens is 1. The number of piperidine rings is 1. The van der Waals surface area contributed by atoms with Gasteiger partial charge in [0.1, 0.15) is 0 Å². The van der Waals surface area contributed by atoms with E-state index in [-0.39, 0.29) is 17.9 Å². The minimum absolute atomic E-state index is 0. The average molecular weight is 396 g/mol. The Labute approximate surface area is 174 Å². The van der Waals surface area contributed by atoms with E-state index in [1.165, 1.54) is 29.5 Å². The second-order valence-electron chi connectivity index (χ2n) is 8.57. The molecule has 28 heavy (non-hydrogen) atoms. The van der Waals surface area contributed by atoms with Crippen molar-refractivity contribution >= 4 is 29.0 Å². The molecule has 4 heteroatoms. The SMILES string of the molecule is CC(C)(C)NC1CCN(c2cc(-c3ccccc3)nc3ccccc23)CC1.Cl. The monoisotopic (exact) mass is 395 g/mol. The van der Waals surface area contributed by atoms with Crippen molar-refractivity contribution < 1.29 is 0 Å². The summed E-state index contributed by atoms with van der Waals surface area (Å²) in [7, 11) is 0. The van der Waals surface area contributed by atoms with Crippen LogP contribution in [0.1, 0.15) is 33.6 Å². The second-order valence-corrected chi connectivity index (χ2v) is 8.57. The van der Waals surface area contributed by atoms with Crippen molar-refractivity contribution in [2.75, 3.05) is 18.0 Å². The molecule has 2 aromatic carbocycles. The van der Waals surface area contributed by atoms with E-state index in [4.69, 9.17) is 4.98 Å². The molecule has 0 radical (unpaired) electrons. The Balaban J connectivity index is 0.00000225. The lowest BCUT2D eigenvalue weighted by Crippen LogP contribution is -2.49. The first-order valence-electron chi connectivity index (χ1n) is 9.97. The summed E-state index contributed by atoms with van der Waals surface area (Å²) in [6.07, 6.45) is 2.35. The molecule has 3 aromatic rings. The van der Waals surface area contributed by atoms with E-state index in [0.29, 0.717) is 6.04 Å². The van der Waals surface area contributed by atoms with Gasteiger partial charge in [0, 0.05) is 41.3 Å². The van der Waals surface area contributed by atoms with Crippen LogP contribution < -0.4 is 10.2 Å². The van der Waals surface area contributed by atoms with Crippen molar-refractivity contribution in [3.05, 3.63) is 60.7 Å². The molecule has 0 unspecified atom stereocenters. The maximum absolute atomic E-state index is 4.93. The zero-order valence-corrected chi connectivity index (χ0v) is 17.8. The van der Waals surface area contributed by atoms with Crippen molar-refractivity contribution in [2.24, 2.45) is 0 Å². The van der Waals surface area contributed by atoms with E-state index in [1.807, 2.05) is 0 Å². The van der Waals surface area contributed by atoms with Crippen molar-refractivity contribution in [3.63, 3.8) is 0 Å². The summed E-state index contributed by atoms with van der Waals surface area (Å²) in [4.78, 5) is 7.46. The molecule has 4 rings (SSSR count). The standard InChI is InChI=1S/C24H29N3.ClH/c1-24(2,3)26-19-13-15-27(16-14-19)23-17-22(18-9-5-4-6-10-18)25-21-12-8-7-11-20(21)23;/h4-12,17,19,26H,13-16H2,1-3H3;1H. The normalized spacial score (nSPS) is 15.5. The summed E-state index contributed by atoms with van der Waals surface area (Å²) < 4.78 is 0. The summed E-state index contributed by atoms with van der Waals surface area (Å²) in [6, 6.07) is 21.9. The van der Waals surface area contributed by atoms with Crippen LogP contribution in [0.15, 0.2) is 60.7 Å². The number of anilines is 1. The molecule has 0 amide bonds. The molecule has 1 fully saturated rings. The molecule has 0 atom stereocenters. The Morgan fingerprint density at radius 1 is 0.929 bits per heavy atom. The van der Waals surface area contributed by atoms with E-state index in [1.54, 1.807) is 0 Å². The Kier molecular flexibility index (Phi) is 6.26. The lowest BCUT2D eigenvalue weighted by molar-refractivity contribution is 0.317. The highest BCUT2D eigenvalue weighted by molar-refractivity contribution is 5.94. The Hall–Kier alpha value is -2.10. The van der Waals surface area contributed by atoms with Gasteiger partial charge in [0.2, 0.25) is 0 Å². The Morgan fingerprint density at radius 2 is 1.57 bits per heavy atom. The molecular formula is C24H30ClN3. The molecule has 0 bridgehead atoms. The summed E-state index contributed by atoms with van der Waals surface area (Å²) in [5, 5.41) is 5.01. The third-order valence-electron chi connectivity index (χ3n) is 5.24. The number of para-hydroxylation sites is 1. The minimum atomic E-state index is 0. The maximum Gasteiger partial charge on any atom is 0.0730 e. The first-order chi connectivity index (χ1) is 13.0. The number of nitrogens with one attached hydrogen (secondary N) is 1. The van der Waals surface area contributed by atoms with Crippen molar-refractivity contribution in [2.45, 2.75) is 45.2 Å². The number of fused-ring (bicyclic) bond motifs is 1. The lowest BCUT2D eigenvalue weighted by Gasteiger charge is -2.37. The Morgan fingerprint density at radius 3 is 2.25 bits per heavy atom. The largest absolute Gasteiger partial charge is 0.371 e.